The van der Waals surface area contributed by atoms with Gasteiger partial charge in [-0.25, -0.2) is 13.1 Å². The van der Waals surface area contributed by atoms with E-state index in [1.54, 1.807) is 29.1 Å². The van der Waals surface area contributed by atoms with Crippen molar-refractivity contribution in [3.63, 3.8) is 0 Å². The molecule has 0 bridgehead atoms. The molecule has 21 heavy (non-hydrogen) atoms. The zero-order chi connectivity index (χ0) is 14.7. The van der Waals surface area contributed by atoms with E-state index in [1.807, 2.05) is 18.3 Å². The van der Waals surface area contributed by atoms with E-state index in [9.17, 15) is 8.42 Å². The zero-order valence-corrected chi connectivity index (χ0v) is 12.4. The Balaban J connectivity index is 1.69. The Morgan fingerprint density at radius 2 is 2.05 bits per heavy atom. The topological polar surface area (TPSA) is 76.0 Å². The van der Waals surface area contributed by atoms with Crippen molar-refractivity contribution in [3.8, 4) is 0 Å². The van der Waals surface area contributed by atoms with Gasteiger partial charge in [-0.2, -0.15) is 5.10 Å². The van der Waals surface area contributed by atoms with E-state index in [1.165, 1.54) is 0 Å². The van der Waals surface area contributed by atoms with E-state index in [0.717, 1.165) is 12.8 Å². The van der Waals surface area contributed by atoms with Gasteiger partial charge in [0, 0.05) is 25.0 Å². The van der Waals surface area contributed by atoms with Crippen LogP contribution in [0.4, 0.5) is 5.69 Å². The van der Waals surface area contributed by atoms with Crippen molar-refractivity contribution in [1.29, 1.82) is 0 Å². The van der Waals surface area contributed by atoms with Crippen LogP contribution in [-0.4, -0.2) is 30.8 Å². The molecule has 1 aromatic heterocycles. The van der Waals surface area contributed by atoms with Crippen LogP contribution in [0.2, 0.25) is 0 Å². The Kier molecular flexibility index (Phi) is 3.94. The second kappa shape index (κ2) is 5.87. The van der Waals surface area contributed by atoms with Crippen LogP contribution in [0.3, 0.4) is 0 Å². The van der Waals surface area contributed by atoms with Crippen LogP contribution >= 0.6 is 0 Å². The smallest absolute Gasteiger partial charge is 0.242 e. The number of hydrogen-bond acceptors (Lipinski definition) is 4. The summed E-state index contributed by atoms with van der Waals surface area (Å²) in [6, 6.07) is 8.93. The summed E-state index contributed by atoms with van der Waals surface area (Å²) in [5.41, 5.74) is 0.623. The third-order valence-corrected chi connectivity index (χ3v) is 4.87. The summed E-state index contributed by atoms with van der Waals surface area (Å²) >= 11 is 0. The van der Waals surface area contributed by atoms with Gasteiger partial charge in [0.05, 0.1) is 12.2 Å². The molecule has 0 spiro atoms. The van der Waals surface area contributed by atoms with E-state index in [-0.39, 0.29) is 6.04 Å². The summed E-state index contributed by atoms with van der Waals surface area (Å²) in [5, 5.41) is 7.28. The minimum absolute atomic E-state index is 0.104. The lowest BCUT2D eigenvalue weighted by Gasteiger charge is -2.13. The van der Waals surface area contributed by atoms with Gasteiger partial charge < -0.3 is 5.32 Å². The first-order valence-corrected chi connectivity index (χ1v) is 8.46. The Morgan fingerprint density at radius 1 is 1.24 bits per heavy atom. The Morgan fingerprint density at radius 3 is 2.76 bits per heavy atom. The summed E-state index contributed by atoms with van der Waals surface area (Å²) in [4.78, 5) is 0.303. The van der Waals surface area contributed by atoms with E-state index in [4.69, 9.17) is 0 Å². The molecule has 0 unspecified atom stereocenters. The highest BCUT2D eigenvalue weighted by Crippen LogP contribution is 2.25. The van der Waals surface area contributed by atoms with Gasteiger partial charge in [-0.1, -0.05) is 12.1 Å². The van der Waals surface area contributed by atoms with Crippen molar-refractivity contribution in [3.05, 3.63) is 42.7 Å². The number of nitrogens with zero attached hydrogens (tertiary/aromatic N) is 2. The van der Waals surface area contributed by atoms with Crippen molar-refractivity contribution in [2.24, 2.45) is 0 Å². The van der Waals surface area contributed by atoms with Gasteiger partial charge in [0.1, 0.15) is 4.90 Å². The van der Waals surface area contributed by atoms with Crippen LogP contribution < -0.4 is 10.0 Å². The third-order valence-electron chi connectivity index (χ3n) is 3.29. The molecule has 1 saturated carbocycles. The molecule has 1 fully saturated rings. The number of para-hydroxylation sites is 1. The lowest BCUT2D eigenvalue weighted by Crippen LogP contribution is -2.26. The number of sulfonamides is 1. The quantitative estimate of drug-likeness (QED) is 0.811. The molecule has 0 amide bonds. The fourth-order valence-corrected chi connectivity index (χ4v) is 3.56. The fraction of sp³-hybridized carbons (Fsp3) is 0.357. The first-order chi connectivity index (χ1) is 10.1. The minimum atomic E-state index is -3.45. The average molecular weight is 306 g/mol. The standard InChI is InChI=1S/C14H18N4O2S/c19-21(20,17-12-6-7-12)14-5-2-1-4-13(14)15-9-11-18-10-3-8-16-18/h1-5,8,10,12,15,17H,6-7,9,11H2. The van der Waals surface area contributed by atoms with Crippen LogP contribution in [0.15, 0.2) is 47.6 Å². The number of rotatable bonds is 7. The number of benzene rings is 1. The van der Waals surface area contributed by atoms with Gasteiger partial charge in [0.15, 0.2) is 0 Å². The van der Waals surface area contributed by atoms with Crippen LogP contribution in [0.25, 0.3) is 0 Å². The van der Waals surface area contributed by atoms with Gasteiger partial charge in [0.25, 0.3) is 0 Å². The molecule has 0 aliphatic heterocycles. The highest BCUT2D eigenvalue weighted by atomic mass is 32.2. The first-order valence-electron chi connectivity index (χ1n) is 6.98. The molecule has 1 heterocycles. The summed E-state index contributed by atoms with van der Waals surface area (Å²) in [6.07, 6.45) is 5.44. The summed E-state index contributed by atoms with van der Waals surface area (Å²) < 4.78 is 29.2. The van der Waals surface area contributed by atoms with Crippen LogP contribution in [0, 0.1) is 0 Å². The number of anilines is 1. The molecule has 1 aliphatic rings. The SMILES string of the molecule is O=S(=O)(NC1CC1)c1ccccc1NCCn1cccn1. The van der Waals surface area contributed by atoms with E-state index in [0.29, 0.717) is 23.7 Å². The van der Waals surface area contributed by atoms with Crippen LogP contribution in [-0.2, 0) is 16.6 Å². The van der Waals surface area contributed by atoms with Crippen molar-refractivity contribution in [2.75, 3.05) is 11.9 Å². The molecule has 2 aromatic rings. The van der Waals surface area contributed by atoms with Crippen LogP contribution in [0.5, 0.6) is 0 Å². The number of hydrogen-bond donors (Lipinski definition) is 2. The maximum Gasteiger partial charge on any atom is 0.242 e. The largest absolute Gasteiger partial charge is 0.382 e. The number of nitrogens with one attached hydrogen (secondary N) is 2. The predicted molar refractivity (Wildman–Crippen MR) is 80.5 cm³/mol. The van der Waals surface area contributed by atoms with Gasteiger partial charge in [-0.05, 0) is 31.0 Å². The molecule has 0 radical (unpaired) electrons. The van der Waals surface area contributed by atoms with Gasteiger partial charge in [-0.15, -0.1) is 0 Å². The number of aromatic nitrogens is 2. The van der Waals surface area contributed by atoms with Gasteiger partial charge in [-0.3, -0.25) is 4.68 Å². The van der Waals surface area contributed by atoms with E-state index >= 15 is 0 Å². The summed E-state index contributed by atoms with van der Waals surface area (Å²) in [5.74, 6) is 0. The Labute approximate surface area is 124 Å². The molecule has 0 atom stereocenters. The van der Waals surface area contributed by atoms with Crippen molar-refractivity contribution in [2.45, 2.75) is 30.3 Å². The lowest BCUT2D eigenvalue weighted by atomic mass is 10.3. The molecule has 1 aromatic carbocycles. The van der Waals surface area contributed by atoms with E-state index < -0.39 is 10.0 Å². The fourth-order valence-electron chi connectivity index (χ4n) is 2.07. The van der Waals surface area contributed by atoms with E-state index in [2.05, 4.69) is 15.1 Å². The van der Waals surface area contributed by atoms with Crippen LogP contribution in [0.1, 0.15) is 12.8 Å². The molecule has 3 rings (SSSR count). The highest BCUT2D eigenvalue weighted by Gasteiger charge is 2.29. The second-order valence-electron chi connectivity index (χ2n) is 5.09. The molecule has 2 N–H and O–H groups in total. The average Bonchev–Trinajstić information content (AvgIpc) is 3.11. The summed E-state index contributed by atoms with van der Waals surface area (Å²) in [7, 11) is -3.45. The Hall–Kier alpha value is -1.86. The molecular formula is C14H18N4O2S. The predicted octanol–water partition coefficient (Wildman–Crippen LogP) is 1.44. The van der Waals surface area contributed by atoms with Crippen molar-refractivity contribution in [1.82, 2.24) is 14.5 Å². The zero-order valence-electron chi connectivity index (χ0n) is 11.6. The maximum atomic E-state index is 12.3. The normalized spacial score (nSPS) is 15.0. The van der Waals surface area contributed by atoms with Gasteiger partial charge >= 0.3 is 0 Å². The van der Waals surface area contributed by atoms with Gasteiger partial charge in [0.2, 0.25) is 10.0 Å². The Bertz CT molecular complexity index is 694. The maximum absolute atomic E-state index is 12.3. The molecule has 7 heteroatoms. The minimum Gasteiger partial charge on any atom is -0.382 e. The molecule has 6 nitrogen and oxygen atoms in total. The van der Waals surface area contributed by atoms with Crippen molar-refractivity contribution < 1.29 is 8.42 Å². The molecule has 0 saturated heterocycles. The summed E-state index contributed by atoms with van der Waals surface area (Å²) in [6.45, 7) is 1.29. The second-order valence-corrected chi connectivity index (χ2v) is 6.77. The molecule has 112 valence electrons. The van der Waals surface area contributed by atoms with Crippen molar-refractivity contribution >= 4 is 15.7 Å². The highest BCUT2D eigenvalue weighted by molar-refractivity contribution is 7.89. The first kappa shape index (κ1) is 14.1. The third kappa shape index (κ3) is 3.62. The monoisotopic (exact) mass is 306 g/mol. The molecule has 1 aliphatic carbocycles. The lowest BCUT2D eigenvalue weighted by molar-refractivity contribution is 0.581. The molecular weight excluding hydrogens is 288 g/mol.